The Bertz CT molecular complexity index is 1210. The SMILES string of the molecule is O=C(Cc1c[nH]c2ccccc12)N1CCc2cc(S(=O)(=O)N3CCCCC3)ccc21. The number of nitrogens with zero attached hydrogens (tertiary/aromatic N) is 2. The number of fused-ring (bicyclic) bond motifs is 2. The number of sulfonamides is 1. The number of anilines is 1. The van der Waals surface area contributed by atoms with Crippen LogP contribution in [0.2, 0.25) is 0 Å². The van der Waals surface area contributed by atoms with Gasteiger partial charge in [0, 0.05) is 42.4 Å². The Morgan fingerprint density at radius 3 is 2.63 bits per heavy atom. The van der Waals surface area contributed by atoms with Gasteiger partial charge in [-0.15, -0.1) is 0 Å². The molecule has 30 heavy (non-hydrogen) atoms. The van der Waals surface area contributed by atoms with Crippen LogP contribution >= 0.6 is 0 Å². The third-order valence-corrected chi connectivity index (χ3v) is 8.11. The Kier molecular flexibility index (Phi) is 4.87. The molecule has 0 spiro atoms. The monoisotopic (exact) mass is 423 g/mol. The maximum absolute atomic E-state index is 13.0. The molecule has 0 atom stereocenters. The number of carbonyl (C=O) groups excluding carboxylic acids is 1. The summed E-state index contributed by atoms with van der Waals surface area (Å²) >= 11 is 0. The van der Waals surface area contributed by atoms with Crippen LogP contribution in [0, 0.1) is 0 Å². The number of hydrogen-bond acceptors (Lipinski definition) is 3. The summed E-state index contributed by atoms with van der Waals surface area (Å²) in [5.74, 6) is 0.0325. The van der Waals surface area contributed by atoms with Crippen molar-refractivity contribution in [2.24, 2.45) is 0 Å². The lowest BCUT2D eigenvalue weighted by molar-refractivity contribution is -0.117. The molecule has 0 radical (unpaired) electrons. The standard InChI is InChI=1S/C23H25N3O3S/c27-23(15-18-16-24-21-7-3-2-6-20(18)21)26-13-10-17-14-19(8-9-22(17)26)30(28,29)25-11-4-1-5-12-25/h2-3,6-9,14,16,24H,1,4-5,10-13,15H2. The van der Waals surface area contributed by atoms with E-state index >= 15 is 0 Å². The lowest BCUT2D eigenvalue weighted by Gasteiger charge is -2.26. The predicted octanol–water partition coefficient (Wildman–Crippen LogP) is 3.47. The van der Waals surface area contributed by atoms with E-state index in [1.807, 2.05) is 30.5 Å². The van der Waals surface area contributed by atoms with Crippen molar-refractivity contribution in [3.8, 4) is 0 Å². The predicted molar refractivity (Wildman–Crippen MR) is 117 cm³/mol. The number of aromatic amines is 1. The highest BCUT2D eigenvalue weighted by molar-refractivity contribution is 7.89. The number of carbonyl (C=O) groups is 1. The van der Waals surface area contributed by atoms with Gasteiger partial charge in [0.2, 0.25) is 15.9 Å². The molecule has 1 fully saturated rings. The van der Waals surface area contributed by atoms with Crippen molar-refractivity contribution in [1.29, 1.82) is 0 Å². The summed E-state index contributed by atoms with van der Waals surface area (Å²) in [6.45, 7) is 1.77. The second kappa shape index (κ2) is 7.56. The third-order valence-electron chi connectivity index (χ3n) is 6.22. The molecule has 3 aromatic rings. The van der Waals surface area contributed by atoms with E-state index in [2.05, 4.69) is 4.98 Å². The number of rotatable bonds is 4. The molecule has 0 bridgehead atoms. The van der Waals surface area contributed by atoms with Gasteiger partial charge in [-0.2, -0.15) is 4.31 Å². The van der Waals surface area contributed by atoms with Crippen LogP contribution in [0.4, 0.5) is 5.69 Å². The molecule has 3 heterocycles. The zero-order valence-electron chi connectivity index (χ0n) is 16.8. The largest absolute Gasteiger partial charge is 0.361 e. The lowest BCUT2D eigenvalue weighted by atomic mass is 10.1. The molecule has 2 aromatic carbocycles. The highest BCUT2D eigenvalue weighted by atomic mass is 32.2. The van der Waals surface area contributed by atoms with E-state index in [-0.39, 0.29) is 5.91 Å². The van der Waals surface area contributed by atoms with Gasteiger partial charge in [0.1, 0.15) is 0 Å². The normalized spacial score (nSPS) is 17.4. The van der Waals surface area contributed by atoms with Gasteiger partial charge in [0.25, 0.3) is 0 Å². The van der Waals surface area contributed by atoms with Crippen LogP contribution in [0.1, 0.15) is 30.4 Å². The maximum atomic E-state index is 13.0. The fourth-order valence-electron chi connectivity index (χ4n) is 4.59. The van der Waals surface area contributed by atoms with E-state index in [0.717, 1.165) is 47.0 Å². The fourth-order valence-corrected chi connectivity index (χ4v) is 6.16. The van der Waals surface area contributed by atoms with Crippen molar-refractivity contribution in [2.75, 3.05) is 24.5 Å². The molecule has 7 heteroatoms. The molecular formula is C23H25N3O3S. The molecule has 156 valence electrons. The van der Waals surface area contributed by atoms with Gasteiger partial charge >= 0.3 is 0 Å². The Hall–Kier alpha value is -2.64. The number of aromatic nitrogens is 1. The smallest absolute Gasteiger partial charge is 0.243 e. The molecule has 1 saturated heterocycles. The van der Waals surface area contributed by atoms with Crippen molar-refractivity contribution in [3.05, 3.63) is 59.8 Å². The molecule has 2 aliphatic rings. The first-order valence-corrected chi connectivity index (χ1v) is 12.0. The van der Waals surface area contributed by atoms with Crippen LogP contribution in [-0.4, -0.2) is 43.2 Å². The molecule has 1 N–H and O–H groups in total. The van der Waals surface area contributed by atoms with Gasteiger partial charge < -0.3 is 9.88 Å². The van der Waals surface area contributed by atoms with Gasteiger partial charge in [-0.05, 0) is 54.7 Å². The molecule has 0 unspecified atom stereocenters. The molecule has 2 aliphatic heterocycles. The van der Waals surface area contributed by atoms with Crippen LogP contribution in [0.3, 0.4) is 0 Å². The van der Waals surface area contributed by atoms with E-state index in [4.69, 9.17) is 0 Å². The molecule has 6 nitrogen and oxygen atoms in total. The van der Waals surface area contributed by atoms with Gasteiger partial charge in [0.15, 0.2) is 0 Å². The van der Waals surface area contributed by atoms with Crippen LogP contribution in [0.5, 0.6) is 0 Å². The average Bonchev–Trinajstić information content (AvgIpc) is 3.38. The highest BCUT2D eigenvalue weighted by Gasteiger charge is 2.30. The summed E-state index contributed by atoms with van der Waals surface area (Å²) in [4.78, 5) is 18.4. The van der Waals surface area contributed by atoms with E-state index in [1.165, 1.54) is 0 Å². The van der Waals surface area contributed by atoms with Crippen LogP contribution in [-0.2, 0) is 27.7 Å². The van der Waals surface area contributed by atoms with Gasteiger partial charge in [0.05, 0.1) is 11.3 Å². The number of para-hydroxylation sites is 1. The van der Waals surface area contributed by atoms with Crippen molar-refractivity contribution >= 4 is 32.5 Å². The minimum atomic E-state index is -3.46. The van der Waals surface area contributed by atoms with Crippen molar-refractivity contribution in [1.82, 2.24) is 9.29 Å². The fraction of sp³-hybridized carbons (Fsp3) is 0.348. The van der Waals surface area contributed by atoms with E-state index < -0.39 is 10.0 Å². The lowest BCUT2D eigenvalue weighted by Crippen LogP contribution is -2.35. The average molecular weight is 424 g/mol. The second-order valence-corrected chi connectivity index (χ2v) is 10.0. The summed E-state index contributed by atoms with van der Waals surface area (Å²) < 4.78 is 27.6. The van der Waals surface area contributed by atoms with Crippen LogP contribution in [0.15, 0.2) is 53.6 Å². The van der Waals surface area contributed by atoms with Gasteiger partial charge in [-0.25, -0.2) is 8.42 Å². The number of piperidine rings is 1. The Morgan fingerprint density at radius 2 is 1.80 bits per heavy atom. The minimum absolute atomic E-state index is 0.0325. The zero-order valence-corrected chi connectivity index (χ0v) is 17.6. The Balaban J connectivity index is 1.37. The first-order chi connectivity index (χ1) is 14.5. The highest BCUT2D eigenvalue weighted by Crippen LogP contribution is 2.32. The molecule has 0 saturated carbocycles. The molecular weight excluding hydrogens is 398 g/mol. The summed E-state index contributed by atoms with van der Waals surface area (Å²) in [6, 6.07) is 13.2. The van der Waals surface area contributed by atoms with Gasteiger partial charge in [-0.3, -0.25) is 4.79 Å². The van der Waals surface area contributed by atoms with Crippen molar-refractivity contribution in [3.63, 3.8) is 0 Å². The summed E-state index contributed by atoms with van der Waals surface area (Å²) in [5, 5.41) is 1.06. The second-order valence-electron chi connectivity index (χ2n) is 8.09. The number of benzene rings is 2. The van der Waals surface area contributed by atoms with Crippen LogP contribution in [0.25, 0.3) is 10.9 Å². The summed E-state index contributed by atoms with van der Waals surface area (Å²) in [7, 11) is -3.46. The van der Waals surface area contributed by atoms with E-state index in [1.54, 1.807) is 27.4 Å². The Labute approximate surface area is 176 Å². The quantitative estimate of drug-likeness (QED) is 0.698. The third kappa shape index (κ3) is 3.32. The van der Waals surface area contributed by atoms with Crippen molar-refractivity contribution in [2.45, 2.75) is 37.0 Å². The first kappa shape index (κ1) is 19.3. The molecule has 0 aliphatic carbocycles. The first-order valence-electron chi connectivity index (χ1n) is 10.5. The topological polar surface area (TPSA) is 73.5 Å². The van der Waals surface area contributed by atoms with Crippen molar-refractivity contribution < 1.29 is 13.2 Å². The molecule has 1 amide bonds. The summed E-state index contributed by atoms with van der Waals surface area (Å²) in [5.41, 5.74) is 3.76. The van der Waals surface area contributed by atoms with E-state index in [9.17, 15) is 13.2 Å². The molecule has 5 rings (SSSR count). The minimum Gasteiger partial charge on any atom is -0.361 e. The van der Waals surface area contributed by atoms with Crippen LogP contribution < -0.4 is 4.90 Å². The molecule has 1 aromatic heterocycles. The number of H-pyrrole nitrogens is 1. The summed E-state index contributed by atoms with van der Waals surface area (Å²) in [6.07, 6.45) is 5.81. The zero-order chi connectivity index (χ0) is 20.7. The number of nitrogens with one attached hydrogen (secondary N) is 1. The number of hydrogen-bond donors (Lipinski definition) is 1. The van der Waals surface area contributed by atoms with Gasteiger partial charge in [-0.1, -0.05) is 24.6 Å². The Morgan fingerprint density at radius 1 is 1.00 bits per heavy atom. The maximum Gasteiger partial charge on any atom is 0.243 e. The van der Waals surface area contributed by atoms with E-state index in [0.29, 0.717) is 37.4 Å². The number of amides is 1.